The Morgan fingerprint density at radius 3 is 2.89 bits per heavy atom. The quantitative estimate of drug-likeness (QED) is 0.793. The Hall–Kier alpha value is -0.750. The van der Waals surface area contributed by atoms with Gasteiger partial charge in [-0.1, -0.05) is 6.92 Å². The highest BCUT2D eigenvalue weighted by Gasteiger charge is 2.43. The maximum atomic E-state index is 12.3. The Labute approximate surface area is 111 Å². The van der Waals surface area contributed by atoms with Gasteiger partial charge in [0.1, 0.15) is 0 Å². The molecular formula is C12H20N2O3S. The largest absolute Gasteiger partial charge is 0.481 e. The van der Waals surface area contributed by atoms with Crippen LogP contribution in [0.4, 0.5) is 0 Å². The van der Waals surface area contributed by atoms with E-state index in [0.29, 0.717) is 25.9 Å². The number of rotatable bonds is 3. The highest BCUT2D eigenvalue weighted by molar-refractivity contribution is 7.99. The van der Waals surface area contributed by atoms with E-state index in [2.05, 4.69) is 5.32 Å². The van der Waals surface area contributed by atoms with Crippen LogP contribution < -0.4 is 5.32 Å². The number of amides is 1. The van der Waals surface area contributed by atoms with Gasteiger partial charge in [-0.2, -0.15) is 0 Å². The van der Waals surface area contributed by atoms with Gasteiger partial charge in [0.15, 0.2) is 0 Å². The normalized spacial score (nSPS) is 32.5. The molecule has 0 saturated carbocycles. The molecule has 2 aliphatic rings. The summed E-state index contributed by atoms with van der Waals surface area (Å²) in [7, 11) is 0. The van der Waals surface area contributed by atoms with Gasteiger partial charge in [0.05, 0.1) is 11.5 Å². The minimum Gasteiger partial charge on any atom is -0.481 e. The van der Waals surface area contributed by atoms with Crippen LogP contribution >= 0.6 is 11.8 Å². The van der Waals surface area contributed by atoms with E-state index in [1.807, 2.05) is 6.92 Å². The number of carbonyl (C=O) groups is 2. The van der Waals surface area contributed by atoms with Gasteiger partial charge < -0.3 is 10.0 Å². The van der Waals surface area contributed by atoms with Crippen molar-refractivity contribution in [2.24, 2.45) is 5.41 Å². The predicted molar refractivity (Wildman–Crippen MR) is 70.4 cm³/mol. The van der Waals surface area contributed by atoms with Crippen molar-refractivity contribution in [3.05, 3.63) is 0 Å². The number of hydrogen-bond acceptors (Lipinski definition) is 4. The van der Waals surface area contributed by atoms with Crippen LogP contribution in [0.2, 0.25) is 0 Å². The molecule has 102 valence electrons. The van der Waals surface area contributed by atoms with E-state index in [1.165, 1.54) is 0 Å². The Kier molecular flexibility index (Phi) is 4.17. The number of likely N-dealkylation sites (tertiary alicyclic amines) is 1. The summed E-state index contributed by atoms with van der Waals surface area (Å²) in [5.74, 6) is 0.902. The molecule has 0 bridgehead atoms. The number of carboxylic acid groups (broad SMARTS) is 1. The second-order valence-corrected chi connectivity index (χ2v) is 6.10. The first kappa shape index (κ1) is 13.7. The average Bonchev–Trinajstić information content (AvgIpc) is 2.91. The molecule has 2 rings (SSSR count). The van der Waals surface area contributed by atoms with Gasteiger partial charge in [0.2, 0.25) is 5.91 Å². The van der Waals surface area contributed by atoms with Crippen molar-refractivity contribution in [1.82, 2.24) is 10.2 Å². The molecule has 0 aromatic carbocycles. The van der Waals surface area contributed by atoms with Crippen molar-refractivity contribution in [2.45, 2.75) is 32.2 Å². The molecule has 2 fully saturated rings. The molecule has 2 atom stereocenters. The molecule has 2 saturated heterocycles. The molecule has 0 spiro atoms. The fourth-order valence-corrected chi connectivity index (χ4v) is 3.64. The van der Waals surface area contributed by atoms with E-state index >= 15 is 0 Å². The van der Waals surface area contributed by atoms with E-state index < -0.39 is 11.4 Å². The van der Waals surface area contributed by atoms with E-state index in [-0.39, 0.29) is 11.9 Å². The molecule has 0 aliphatic carbocycles. The summed E-state index contributed by atoms with van der Waals surface area (Å²) in [5, 5.41) is 12.5. The summed E-state index contributed by atoms with van der Waals surface area (Å²) in [6, 6.07) is -0.128. The summed E-state index contributed by atoms with van der Waals surface area (Å²) >= 11 is 1.71. The molecule has 6 heteroatoms. The monoisotopic (exact) mass is 272 g/mol. The second kappa shape index (κ2) is 5.48. The number of aliphatic carboxylic acids is 1. The second-order valence-electron chi connectivity index (χ2n) is 5.07. The van der Waals surface area contributed by atoms with Crippen LogP contribution in [0, 0.1) is 5.41 Å². The van der Waals surface area contributed by atoms with Crippen LogP contribution in [0.5, 0.6) is 0 Å². The molecule has 5 nitrogen and oxygen atoms in total. The molecule has 2 N–H and O–H groups in total. The Morgan fingerprint density at radius 1 is 1.56 bits per heavy atom. The molecule has 2 heterocycles. The van der Waals surface area contributed by atoms with Crippen molar-refractivity contribution < 1.29 is 14.7 Å². The van der Waals surface area contributed by atoms with Gasteiger partial charge in [-0.3, -0.25) is 14.9 Å². The van der Waals surface area contributed by atoms with Gasteiger partial charge in [-0.05, 0) is 19.3 Å². The van der Waals surface area contributed by atoms with Gasteiger partial charge in [-0.25, -0.2) is 0 Å². The predicted octanol–water partition coefficient (Wildman–Crippen LogP) is 0.752. The lowest BCUT2D eigenvalue weighted by Crippen LogP contribution is -2.54. The molecule has 0 aromatic heterocycles. The summed E-state index contributed by atoms with van der Waals surface area (Å²) in [4.78, 5) is 25.5. The third kappa shape index (κ3) is 2.49. The van der Waals surface area contributed by atoms with E-state index in [0.717, 1.165) is 18.1 Å². The maximum absolute atomic E-state index is 12.3. The smallest absolute Gasteiger partial charge is 0.311 e. The first-order valence-electron chi connectivity index (χ1n) is 6.42. The fraction of sp³-hybridized carbons (Fsp3) is 0.833. The number of nitrogens with zero attached hydrogens (tertiary/aromatic N) is 1. The zero-order chi connectivity index (χ0) is 13.2. The summed E-state index contributed by atoms with van der Waals surface area (Å²) in [6.07, 6.45) is 2.04. The Bertz CT molecular complexity index is 344. The molecule has 1 amide bonds. The lowest BCUT2D eigenvalue weighted by Gasteiger charge is -2.40. The number of carboxylic acids is 1. The van der Waals surface area contributed by atoms with E-state index in [1.54, 1.807) is 16.7 Å². The standard InChI is InChI=1S/C12H20N2O3S/c1-2-12(11(16)17)4-3-5-14(7-12)10(15)9-6-18-8-13-9/h9,13H,2-8H2,1H3,(H,16,17). The minimum absolute atomic E-state index is 0.0683. The van der Waals surface area contributed by atoms with Crippen LogP contribution in [0.25, 0.3) is 0 Å². The van der Waals surface area contributed by atoms with Crippen LogP contribution in [0.1, 0.15) is 26.2 Å². The van der Waals surface area contributed by atoms with Crippen LogP contribution in [0.3, 0.4) is 0 Å². The van der Waals surface area contributed by atoms with Crippen LogP contribution in [0.15, 0.2) is 0 Å². The topological polar surface area (TPSA) is 69.6 Å². The number of thioether (sulfide) groups is 1. The molecule has 0 aromatic rings. The molecular weight excluding hydrogens is 252 g/mol. The average molecular weight is 272 g/mol. The van der Waals surface area contributed by atoms with Crippen molar-refractivity contribution in [3.63, 3.8) is 0 Å². The molecule has 0 radical (unpaired) electrons. The van der Waals surface area contributed by atoms with Crippen molar-refractivity contribution >= 4 is 23.6 Å². The van der Waals surface area contributed by atoms with Gasteiger partial charge in [0.25, 0.3) is 0 Å². The third-order valence-electron chi connectivity index (χ3n) is 4.03. The lowest BCUT2D eigenvalue weighted by atomic mass is 9.77. The molecule has 2 aliphatic heterocycles. The van der Waals surface area contributed by atoms with Crippen molar-refractivity contribution in [1.29, 1.82) is 0 Å². The SMILES string of the molecule is CCC1(C(=O)O)CCCN(C(=O)C2CSCN2)C1. The zero-order valence-corrected chi connectivity index (χ0v) is 11.5. The first-order chi connectivity index (χ1) is 8.59. The fourth-order valence-electron chi connectivity index (χ4n) is 2.71. The number of hydrogen-bond donors (Lipinski definition) is 2. The highest BCUT2D eigenvalue weighted by atomic mass is 32.2. The summed E-state index contributed by atoms with van der Waals surface area (Å²) in [5.41, 5.74) is -0.736. The van der Waals surface area contributed by atoms with Crippen molar-refractivity contribution in [3.8, 4) is 0 Å². The molecule has 2 unspecified atom stereocenters. The van der Waals surface area contributed by atoms with Crippen molar-refractivity contribution in [2.75, 3.05) is 24.7 Å². The lowest BCUT2D eigenvalue weighted by molar-refractivity contribution is -0.155. The number of nitrogens with one attached hydrogen (secondary N) is 1. The van der Waals surface area contributed by atoms with Gasteiger partial charge in [-0.15, -0.1) is 11.8 Å². The van der Waals surface area contributed by atoms with Crippen LogP contribution in [-0.2, 0) is 9.59 Å². The minimum atomic E-state index is -0.767. The van der Waals surface area contributed by atoms with Crippen LogP contribution in [-0.4, -0.2) is 52.6 Å². The number of piperidine rings is 1. The number of carbonyl (C=O) groups excluding carboxylic acids is 1. The zero-order valence-electron chi connectivity index (χ0n) is 10.6. The summed E-state index contributed by atoms with van der Waals surface area (Å²) in [6.45, 7) is 2.95. The van der Waals surface area contributed by atoms with E-state index in [9.17, 15) is 14.7 Å². The van der Waals surface area contributed by atoms with E-state index in [4.69, 9.17) is 0 Å². The highest BCUT2D eigenvalue weighted by Crippen LogP contribution is 2.34. The maximum Gasteiger partial charge on any atom is 0.311 e. The Balaban J connectivity index is 2.05. The van der Waals surface area contributed by atoms with Gasteiger partial charge in [0, 0.05) is 24.7 Å². The molecule has 18 heavy (non-hydrogen) atoms. The van der Waals surface area contributed by atoms with Gasteiger partial charge >= 0.3 is 5.97 Å². The first-order valence-corrected chi connectivity index (χ1v) is 7.58. The third-order valence-corrected chi connectivity index (χ3v) is 4.97. The summed E-state index contributed by atoms with van der Waals surface area (Å²) < 4.78 is 0. The Morgan fingerprint density at radius 2 is 2.33 bits per heavy atom.